The first-order chi connectivity index (χ1) is 8.77. The summed E-state index contributed by atoms with van der Waals surface area (Å²) in [5, 5.41) is 19.3. The second-order valence-corrected chi connectivity index (χ2v) is 3.80. The predicted molar refractivity (Wildman–Crippen MR) is 68.8 cm³/mol. The van der Waals surface area contributed by atoms with Crippen LogP contribution in [0.1, 0.15) is 23.8 Å². The molecule has 1 aromatic heterocycles. The average Bonchev–Trinajstić information content (AvgIpc) is 2.42. The van der Waals surface area contributed by atoms with Crippen molar-refractivity contribution >= 4 is 0 Å². The molecule has 0 aliphatic rings. The summed E-state index contributed by atoms with van der Waals surface area (Å²) in [5.74, 6) is 5.62. The van der Waals surface area contributed by atoms with E-state index < -0.39 is 6.10 Å². The minimum Gasteiger partial charge on any atom is -0.505 e. The van der Waals surface area contributed by atoms with Crippen LogP contribution in [0.25, 0.3) is 0 Å². The molecule has 2 aromatic rings. The van der Waals surface area contributed by atoms with E-state index in [1.807, 2.05) is 30.3 Å². The zero-order chi connectivity index (χ0) is 12.8. The van der Waals surface area contributed by atoms with Gasteiger partial charge in [-0.1, -0.05) is 36.3 Å². The van der Waals surface area contributed by atoms with Gasteiger partial charge in [-0.3, -0.25) is 0 Å². The van der Waals surface area contributed by atoms with Crippen molar-refractivity contribution in [1.82, 2.24) is 4.98 Å². The largest absolute Gasteiger partial charge is 0.505 e. The Morgan fingerprint density at radius 3 is 2.61 bits per heavy atom. The maximum atomic E-state index is 9.88. The maximum Gasteiger partial charge on any atom is 0.154 e. The van der Waals surface area contributed by atoms with Crippen LogP contribution in [0.5, 0.6) is 5.75 Å². The third kappa shape index (κ3) is 3.09. The number of pyridine rings is 1. The molecule has 1 atom stereocenters. The Kier molecular flexibility index (Phi) is 3.95. The Morgan fingerprint density at radius 2 is 1.89 bits per heavy atom. The van der Waals surface area contributed by atoms with Crippen LogP contribution in [-0.4, -0.2) is 15.2 Å². The van der Waals surface area contributed by atoms with Gasteiger partial charge in [-0.25, -0.2) is 4.98 Å². The van der Waals surface area contributed by atoms with Crippen LogP contribution >= 0.6 is 0 Å². The number of nitrogens with zero attached hydrogens (tertiary/aromatic N) is 1. The Balaban J connectivity index is 2.03. The monoisotopic (exact) mass is 239 g/mol. The topological polar surface area (TPSA) is 53.4 Å². The molecule has 1 heterocycles. The lowest BCUT2D eigenvalue weighted by Gasteiger charge is -2.05. The quantitative estimate of drug-likeness (QED) is 0.790. The van der Waals surface area contributed by atoms with E-state index in [9.17, 15) is 10.2 Å². The summed E-state index contributed by atoms with van der Waals surface area (Å²) in [6.45, 7) is 0. The predicted octanol–water partition coefficient (Wildman–Crippen LogP) is 2.26. The van der Waals surface area contributed by atoms with Crippen molar-refractivity contribution in [2.75, 3.05) is 0 Å². The van der Waals surface area contributed by atoms with Crippen molar-refractivity contribution in [1.29, 1.82) is 0 Å². The summed E-state index contributed by atoms with van der Waals surface area (Å²) < 4.78 is 0. The minimum absolute atomic E-state index is 0.0548. The molecule has 0 bridgehead atoms. The molecule has 0 saturated carbocycles. The van der Waals surface area contributed by atoms with Crippen molar-refractivity contribution < 1.29 is 10.2 Å². The molecule has 2 N–H and O–H groups in total. The van der Waals surface area contributed by atoms with Crippen LogP contribution in [0.15, 0.2) is 48.7 Å². The van der Waals surface area contributed by atoms with Gasteiger partial charge in [0.15, 0.2) is 5.69 Å². The van der Waals surface area contributed by atoms with Gasteiger partial charge >= 0.3 is 0 Å². The number of rotatable bonds is 2. The molecule has 0 spiro atoms. The first-order valence-corrected chi connectivity index (χ1v) is 5.63. The van der Waals surface area contributed by atoms with E-state index in [2.05, 4.69) is 16.8 Å². The SMILES string of the molecule is Oc1cccnc1C#CCC(O)c1ccccc1. The maximum absolute atomic E-state index is 9.88. The van der Waals surface area contributed by atoms with Crippen LogP contribution in [0.4, 0.5) is 0 Å². The second-order valence-electron chi connectivity index (χ2n) is 3.80. The summed E-state index contributed by atoms with van der Waals surface area (Å²) in [7, 11) is 0. The molecule has 0 radical (unpaired) electrons. The van der Waals surface area contributed by atoms with E-state index >= 15 is 0 Å². The van der Waals surface area contributed by atoms with Gasteiger partial charge in [0.2, 0.25) is 0 Å². The highest BCUT2D eigenvalue weighted by atomic mass is 16.3. The van der Waals surface area contributed by atoms with Gasteiger partial charge in [0.1, 0.15) is 5.75 Å². The zero-order valence-corrected chi connectivity index (χ0v) is 9.74. The van der Waals surface area contributed by atoms with Crippen molar-refractivity contribution in [3.63, 3.8) is 0 Å². The number of benzene rings is 1. The summed E-state index contributed by atoms with van der Waals surface area (Å²) in [5.41, 5.74) is 1.16. The Labute approximate surface area is 106 Å². The Hall–Kier alpha value is -2.31. The number of hydrogen-bond donors (Lipinski definition) is 2. The third-order valence-electron chi connectivity index (χ3n) is 2.47. The van der Waals surface area contributed by atoms with Gasteiger partial charge in [0.25, 0.3) is 0 Å². The molecule has 3 heteroatoms. The molecule has 1 unspecified atom stereocenters. The number of aliphatic hydroxyl groups excluding tert-OH is 1. The fourth-order valence-electron chi connectivity index (χ4n) is 1.52. The molecule has 0 aliphatic heterocycles. The third-order valence-corrected chi connectivity index (χ3v) is 2.47. The van der Waals surface area contributed by atoms with E-state index in [4.69, 9.17) is 0 Å². The van der Waals surface area contributed by atoms with Crippen molar-refractivity contribution in [2.24, 2.45) is 0 Å². The van der Waals surface area contributed by atoms with E-state index in [0.717, 1.165) is 5.56 Å². The number of aromatic nitrogens is 1. The highest BCUT2D eigenvalue weighted by molar-refractivity contribution is 5.39. The van der Waals surface area contributed by atoms with E-state index in [1.54, 1.807) is 12.3 Å². The average molecular weight is 239 g/mol. The van der Waals surface area contributed by atoms with E-state index in [-0.39, 0.29) is 5.75 Å². The van der Waals surface area contributed by atoms with Crippen molar-refractivity contribution in [3.8, 4) is 17.6 Å². The summed E-state index contributed by atoms with van der Waals surface area (Å²) >= 11 is 0. The van der Waals surface area contributed by atoms with Gasteiger partial charge in [-0.05, 0) is 23.6 Å². The number of aliphatic hydroxyl groups is 1. The standard InChI is InChI=1S/C15H13NO2/c17-14(12-6-2-1-3-7-12)9-4-8-13-15(18)10-5-11-16-13/h1-3,5-7,10-11,14,17-18H,9H2. The first-order valence-electron chi connectivity index (χ1n) is 5.63. The molecule has 90 valence electrons. The highest BCUT2D eigenvalue weighted by Gasteiger charge is 2.04. The van der Waals surface area contributed by atoms with Crippen LogP contribution in [0.2, 0.25) is 0 Å². The molecule has 1 aromatic carbocycles. The normalized spacial score (nSPS) is 11.4. The minimum atomic E-state index is -0.621. The molecule has 0 aliphatic carbocycles. The zero-order valence-electron chi connectivity index (χ0n) is 9.74. The first kappa shape index (κ1) is 12.2. The van der Waals surface area contributed by atoms with Crippen LogP contribution < -0.4 is 0 Å². The summed E-state index contributed by atoms with van der Waals surface area (Å²) in [6, 6.07) is 12.5. The molecule has 0 fully saturated rings. The van der Waals surface area contributed by atoms with Gasteiger partial charge in [0.05, 0.1) is 6.10 Å². The van der Waals surface area contributed by atoms with Gasteiger partial charge in [0, 0.05) is 12.6 Å². The van der Waals surface area contributed by atoms with Crippen LogP contribution in [-0.2, 0) is 0 Å². The molecular weight excluding hydrogens is 226 g/mol. The van der Waals surface area contributed by atoms with E-state index in [0.29, 0.717) is 12.1 Å². The molecule has 0 amide bonds. The lowest BCUT2D eigenvalue weighted by Crippen LogP contribution is -1.95. The lowest BCUT2D eigenvalue weighted by atomic mass is 10.1. The summed E-state index contributed by atoms with van der Waals surface area (Å²) in [6.07, 6.45) is 1.25. The van der Waals surface area contributed by atoms with Crippen LogP contribution in [0, 0.1) is 11.8 Å². The second kappa shape index (κ2) is 5.85. The molecule has 0 saturated heterocycles. The van der Waals surface area contributed by atoms with Gasteiger partial charge in [-0.2, -0.15) is 0 Å². The summed E-state index contributed by atoms with van der Waals surface area (Å²) in [4.78, 5) is 3.94. The fourth-order valence-corrected chi connectivity index (χ4v) is 1.52. The lowest BCUT2D eigenvalue weighted by molar-refractivity contribution is 0.184. The molecule has 2 rings (SSSR count). The van der Waals surface area contributed by atoms with Crippen molar-refractivity contribution in [2.45, 2.75) is 12.5 Å². The van der Waals surface area contributed by atoms with Gasteiger partial charge < -0.3 is 10.2 Å². The van der Waals surface area contributed by atoms with E-state index in [1.165, 1.54) is 6.07 Å². The van der Waals surface area contributed by atoms with Crippen LogP contribution in [0.3, 0.4) is 0 Å². The molecule has 18 heavy (non-hydrogen) atoms. The molecule has 3 nitrogen and oxygen atoms in total. The Bertz CT molecular complexity index is 570. The van der Waals surface area contributed by atoms with Gasteiger partial charge in [-0.15, -0.1) is 0 Å². The number of aromatic hydroxyl groups is 1. The smallest absolute Gasteiger partial charge is 0.154 e. The molecular formula is C15H13NO2. The van der Waals surface area contributed by atoms with Crippen molar-refractivity contribution in [3.05, 3.63) is 59.9 Å². The Morgan fingerprint density at radius 1 is 1.11 bits per heavy atom. The highest BCUT2D eigenvalue weighted by Crippen LogP contribution is 2.15. The fraction of sp³-hybridized carbons (Fsp3) is 0.133. The number of hydrogen-bond acceptors (Lipinski definition) is 3.